The van der Waals surface area contributed by atoms with Crippen LogP contribution in [0.15, 0.2) is 46.0 Å². The minimum atomic E-state index is -3.79. The van der Waals surface area contributed by atoms with Crippen LogP contribution in [-0.2, 0) is 19.9 Å². The van der Waals surface area contributed by atoms with Crippen molar-refractivity contribution >= 4 is 31.2 Å². The number of hydrogen-bond acceptors (Lipinski definition) is 5. The Morgan fingerprint density at radius 2 is 1.78 bits per heavy atom. The fourth-order valence-corrected chi connectivity index (χ4v) is 5.55. The molecule has 9 heteroatoms. The predicted molar refractivity (Wildman–Crippen MR) is 88.1 cm³/mol. The lowest BCUT2D eigenvalue weighted by Crippen LogP contribution is -2.32. The summed E-state index contributed by atoms with van der Waals surface area (Å²) in [5, 5.41) is 0.508. The molecule has 0 spiro atoms. The van der Waals surface area contributed by atoms with Crippen molar-refractivity contribution in [2.75, 3.05) is 12.3 Å². The van der Waals surface area contributed by atoms with E-state index in [-0.39, 0.29) is 16.5 Å². The Kier molecular flexibility index (Phi) is 5.56. The van der Waals surface area contributed by atoms with E-state index in [1.165, 1.54) is 25.1 Å². The number of halogens is 1. The molecule has 5 nitrogen and oxygen atoms in total. The summed E-state index contributed by atoms with van der Waals surface area (Å²) in [5.41, 5.74) is 0.332. The first kappa shape index (κ1) is 18.1. The van der Waals surface area contributed by atoms with Crippen molar-refractivity contribution < 1.29 is 21.2 Å². The van der Waals surface area contributed by atoms with Crippen molar-refractivity contribution in [3.63, 3.8) is 0 Å². The molecule has 0 saturated carbocycles. The van der Waals surface area contributed by atoms with Crippen LogP contribution in [0.4, 0.5) is 4.39 Å². The van der Waals surface area contributed by atoms with Crippen LogP contribution in [0.25, 0.3) is 0 Å². The fraction of sp³-hybridized carbons (Fsp3) is 0.286. The van der Waals surface area contributed by atoms with E-state index in [1.54, 1.807) is 11.4 Å². The van der Waals surface area contributed by atoms with Gasteiger partial charge in [0.05, 0.1) is 5.75 Å². The smallest absolute Gasteiger partial charge is 0.211 e. The second-order valence-corrected chi connectivity index (χ2v) is 10.2. The summed E-state index contributed by atoms with van der Waals surface area (Å²) in [6.45, 7) is 1.16. The molecule has 0 fully saturated rings. The van der Waals surface area contributed by atoms with E-state index in [9.17, 15) is 21.2 Å². The van der Waals surface area contributed by atoms with Gasteiger partial charge in [0.2, 0.25) is 10.0 Å². The van der Waals surface area contributed by atoms with E-state index >= 15 is 0 Å². The van der Waals surface area contributed by atoms with E-state index < -0.39 is 30.9 Å². The zero-order valence-electron chi connectivity index (χ0n) is 12.3. The van der Waals surface area contributed by atoms with Gasteiger partial charge in [-0.25, -0.2) is 25.9 Å². The molecule has 2 rings (SSSR count). The van der Waals surface area contributed by atoms with Crippen molar-refractivity contribution in [2.45, 2.75) is 16.4 Å². The van der Waals surface area contributed by atoms with Crippen molar-refractivity contribution in [1.29, 1.82) is 0 Å². The van der Waals surface area contributed by atoms with Gasteiger partial charge >= 0.3 is 0 Å². The minimum Gasteiger partial charge on any atom is -0.222 e. The molecule has 0 bridgehead atoms. The number of sulfonamides is 1. The molecule has 1 aromatic carbocycles. The highest BCUT2D eigenvalue weighted by Crippen LogP contribution is 2.31. The fourth-order valence-electron chi connectivity index (χ4n) is 1.95. The van der Waals surface area contributed by atoms with Gasteiger partial charge in [-0.3, -0.25) is 0 Å². The van der Waals surface area contributed by atoms with Crippen molar-refractivity contribution in [3.05, 3.63) is 53.2 Å². The first-order valence-corrected chi connectivity index (χ1v) is 10.8. The third-order valence-electron chi connectivity index (χ3n) is 3.26. The Labute approximate surface area is 139 Å². The molecular weight excluding hydrogens is 361 g/mol. The van der Waals surface area contributed by atoms with Gasteiger partial charge in [-0.05, 0) is 36.1 Å². The molecule has 0 aliphatic rings. The van der Waals surface area contributed by atoms with E-state index in [1.807, 2.05) is 0 Å². The van der Waals surface area contributed by atoms with Crippen LogP contribution in [0.5, 0.6) is 0 Å². The summed E-state index contributed by atoms with van der Waals surface area (Å²) in [5.74, 6) is -0.641. The summed E-state index contributed by atoms with van der Waals surface area (Å²) in [4.78, 5) is 0. The minimum absolute atomic E-state index is 0.141. The van der Waals surface area contributed by atoms with Gasteiger partial charge in [0, 0.05) is 6.54 Å². The maximum absolute atomic E-state index is 13.1. The van der Waals surface area contributed by atoms with Crippen molar-refractivity contribution in [2.24, 2.45) is 0 Å². The van der Waals surface area contributed by atoms with Crippen LogP contribution < -0.4 is 4.72 Å². The van der Waals surface area contributed by atoms with Crippen LogP contribution in [0.2, 0.25) is 0 Å². The van der Waals surface area contributed by atoms with Gasteiger partial charge in [0.15, 0.2) is 9.84 Å². The first-order chi connectivity index (χ1) is 10.8. The molecular formula is C14H16FNO4S3. The third kappa shape index (κ3) is 4.37. The van der Waals surface area contributed by atoms with Crippen LogP contribution in [-0.4, -0.2) is 29.1 Å². The standard InChI is InChI=1S/C14H16FNO4S3/c1-2-22(17,18)16-10-13(11-5-7-12(15)8-6-11)23(19,20)14-4-3-9-21-14/h3-9,13,16H,2,10H2,1H3/t13-/m0/s1. The van der Waals surface area contributed by atoms with Crippen molar-refractivity contribution in [3.8, 4) is 0 Å². The lowest BCUT2D eigenvalue weighted by atomic mass is 10.1. The lowest BCUT2D eigenvalue weighted by Gasteiger charge is -2.18. The second kappa shape index (κ2) is 7.08. The molecule has 0 unspecified atom stereocenters. The maximum Gasteiger partial charge on any atom is 0.211 e. The monoisotopic (exact) mass is 377 g/mol. The molecule has 0 aliphatic carbocycles. The van der Waals surface area contributed by atoms with Gasteiger partial charge in [-0.2, -0.15) is 0 Å². The Balaban J connectivity index is 2.41. The molecule has 1 N–H and O–H groups in total. The summed E-state index contributed by atoms with van der Waals surface area (Å²) in [7, 11) is -7.33. The van der Waals surface area contributed by atoms with Gasteiger partial charge < -0.3 is 0 Å². The number of benzene rings is 1. The molecule has 2 aromatic rings. The summed E-state index contributed by atoms with van der Waals surface area (Å²) in [6, 6.07) is 8.08. The second-order valence-electron chi connectivity index (χ2n) is 4.77. The lowest BCUT2D eigenvalue weighted by molar-refractivity contribution is 0.570. The Morgan fingerprint density at radius 3 is 2.30 bits per heavy atom. The van der Waals surface area contributed by atoms with Crippen LogP contribution in [0.3, 0.4) is 0 Å². The number of thiophene rings is 1. The van der Waals surface area contributed by atoms with E-state index in [0.717, 1.165) is 23.5 Å². The molecule has 0 saturated heterocycles. The maximum atomic E-state index is 13.1. The molecule has 126 valence electrons. The van der Waals surface area contributed by atoms with E-state index in [0.29, 0.717) is 5.56 Å². The average Bonchev–Trinajstić information content (AvgIpc) is 3.04. The number of nitrogens with one attached hydrogen (secondary N) is 1. The Morgan fingerprint density at radius 1 is 1.13 bits per heavy atom. The van der Waals surface area contributed by atoms with Gasteiger partial charge in [-0.15, -0.1) is 11.3 Å². The SMILES string of the molecule is CCS(=O)(=O)NC[C@@H](c1ccc(F)cc1)S(=O)(=O)c1cccs1. The highest BCUT2D eigenvalue weighted by atomic mass is 32.2. The third-order valence-corrected chi connectivity index (χ3v) is 8.16. The molecule has 0 radical (unpaired) electrons. The molecule has 0 amide bonds. The van der Waals surface area contributed by atoms with E-state index in [4.69, 9.17) is 0 Å². The van der Waals surface area contributed by atoms with E-state index in [2.05, 4.69) is 4.72 Å². The van der Waals surface area contributed by atoms with Crippen LogP contribution in [0.1, 0.15) is 17.7 Å². The predicted octanol–water partition coefficient (Wildman–Crippen LogP) is 2.34. The summed E-state index contributed by atoms with van der Waals surface area (Å²) in [6.07, 6.45) is 0. The van der Waals surface area contributed by atoms with Crippen molar-refractivity contribution in [1.82, 2.24) is 4.72 Å². The average molecular weight is 377 g/mol. The molecule has 1 aromatic heterocycles. The number of hydrogen-bond donors (Lipinski definition) is 1. The quantitative estimate of drug-likeness (QED) is 0.803. The van der Waals surface area contributed by atoms with Gasteiger partial charge in [-0.1, -0.05) is 18.2 Å². The molecule has 1 atom stereocenters. The molecule has 23 heavy (non-hydrogen) atoms. The Hall–Kier alpha value is -1.29. The largest absolute Gasteiger partial charge is 0.222 e. The molecule has 1 heterocycles. The number of sulfone groups is 1. The first-order valence-electron chi connectivity index (χ1n) is 6.76. The van der Waals surface area contributed by atoms with Gasteiger partial charge in [0.25, 0.3) is 0 Å². The van der Waals surface area contributed by atoms with Crippen LogP contribution >= 0.6 is 11.3 Å². The Bertz CT molecular complexity index is 844. The highest BCUT2D eigenvalue weighted by Gasteiger charge is 2.31. The highest BCUT2D eigenvalue weighted by molar-refractivity contribution is 7.93. The summed E-state index contributed by atoms with van der Waals surface area (Å²) < 4.78 is 64.3. The molecule has 0 aliphatic heterocycles. The van der Waals surface area contributed by atoms with Crippen LogP contribution in [0, 0.1) is 5.82 Å². The zero-order valence-corrected chi connectivity index (χ0v) is 14.7. The normalized spacial score (nSPS) is 13.8. The zero-order chi connectivity index (χ0) is 17.1. The van der Waals surface area contributed by atoms with Gasteiger partial charge in [0.1, 0.15) is 15.3 Å². The topological polar surface area (TPSA) is 80.3 Å². The summed E-state index contributed by atoms with van der Waals surface area (Å²) >= 11 is 1.06. The number of rotatable bonds is 7.